The fourth-order valence-corrected chi connectivity index (χ4v) is 0.579. The summed E-state index contributed by atoms with van der Waals surface area (Å²) in [7, 11) is 0. The highest BCUT2D eigenvalue weighted by Crippen LogP contribution is 2.08. The van der Waals surface area contributed by atoms with Crippen LogP contribution in [0.2, 0.25) is 0 Å². The van der Waals surface area contributed by atoms with Crippen LogP contribution in [0.5, 0.6) is 0 Å². The Hall–Kier alpha value is -0.980. The van der Waals surface area contributed by atoms with Crippen LogP contribution < -0.4 is 0 Å². The number of rotatable bonds is 1. The molecule has 0 aliphatic rings. The number of hydrogen-bond acceptors (Lipinski definition) is 1. The molecule has 0 aliphatic heterocycles. The highest BCUT2D eigenvalue weighted by molar-refractivity contribution is 5.48. The van der Waals surface area contributed by atoms with E-state index in [4.69, 9.17) is 4.42 Å². The summed E-state index contributed by atoms with van der Waals surface area (Å²) in [5.41, 5.74) is 2.21. The second kappa shape index (κ2) is 1.86. The van der Waals surface area contributed by atoms with E-state index in [2.05, 4.69) is 6.58 Å². The molecule has 1 aromatic heterocycles. The molecule has 0 amide bonds. The maximum Gasteiger partial charge on any atom is 0.0977 e. The average molecular weight is 108 g/mol. The van der Waals surface area contributed by atoms with Crippen LogP contribution in [0.4, 0.5) is 0 Å². The lowest BCUT2D eigenvalue weighted by atomic mass is 10.2. The first-order valence-corrected chi connectivity index (χ1v) is 2.50. The smallest absolute Gasteiger partial charge is 0.0977 e. The molecule has 42 valence electrons. The Kier molecular flexibility index (Phi) is 1.20. The Morgan fingerprint density at radius 1 is 1.62 bits per heavy atom. The number of furan rings is 1. The predicted octanol–water partition coefficient (Wildman–Crippen LogP) is 2.23. The molecule has 1 rings (SSSR count). The van der Waals surface area contributed by atoms with Gasteiger partial charge in [-0.25, -0.2) is 0 Å². The van der Waals surface area contributed by atoms with Gasteiger partial charge in [-0.15, -0.1) is 0 Å². The SMILES string of the molecule is C=Cc1cocc1C. The zero-order valence-electron chi connectivity index (χ0n) is 4.85. The first-order valence-electron chi connectivity index (χ1n) is 2.50. The summed E-state index contributed by atoms with van der Waals surface area (Å²) in [6, 6.07) is 0. The summed E-state index contributed by atoms with van der Waals surface area (Å²) < 4.78 is 4.86. The summed E-state index contributed by atoms with van der Waals surface area (Å²) in [6.45, 7) is 5.59. The van der Waals surface area contributed by atoms with Gasteiger partial charge in [-0.1, -0.05) is 12.7 Å². The van der Waals surface area contributed by atoms with Crippen LogP contribution in [0.3, 0.4) is 0 Å². The minimum atomic E-state index is 1.07. The van der Waals surface area contributed by atoms with Crippen molar-refractivity contribution in [3.63, 3.8) is 0 Å². The molecule has 1 heterocycles. The van der Waals surface area contributed by atoms with E-state index in [1.165, 1.54) is 0 Å². The van der Waals surface area contributed by atoms with Crippen LogP contribution in [0.1, 0.15) is 11.1 Å². The van der Waals surface area contributed by atoms with E-state index >= 15 is 0 Å². The Morgan fingerprint density at radius 3 is 2.62 bits per heavy atom. The lowest BCUT2D eigenvalue weighted by Gasteiger charge is -1.80. The van der Waals surface area contributed by atoms with Gasteiger partial charge < -0.3 is 4.42 Å². The minimum absolute atomic E-state index is 1.07. The lowest BCUT2D eigenvalue weighted by molar-refractivity contribution is 0.565. The van der Waals surface area contributed by atoms with Crippen LogP contribution in [0.25, 0.3) is 6.08 Å². The highest BCUT2D eigenvalue weighted by Gasteiger charge is 1.91. The summed E-state index contributed by atoms with van der Waals surface area (Å²) in [5, 5.41) is 0. The van der Waals surface area contributed by atoms with E-state index in [0.717, 1.165) is 11.1 Å². The van der Waals surface area contributed by atoms with Crippen molar-refractivity contribution >= 4 is 6.08 Å². The molecule has 0 aromatic carbocycles. The second-order valence-corrected chi connectivity index (χ2v) is 1.71. The predicted molar refractivity (Wildman–Crippen MR) is 33.5 cm³/mol. The van der Waals surface area contributed by atoms with Gasteiger partial charge >= 0.3 is 0 Å². The van der Waals surface area contributed by atoms with Crippen LogP contribution in [0.15, 0.2) is 23.5 Å². The lowest BCUT2D eigenvalue weighted by Crippen LogP contribution is -1.64. The minimum Gasteiger partial charge on any atom is -0.472 e. The van der Waals surface area contributed by atoms with E-state index in [9.17, 15) is 0 Å². The van der Waals surface area contributed by atoms with Gasteiger partial charge in [0.15, 0.2) is 0 Å². The van der Waals surface area contributed by atoms with E-state index in [1.807, 2.05) is 6.92 Å². The normalized spacial score (nSPS) is 9.12. The molecule has 0 aliphatic carbocycles. The Labute approximate surface area is 48.6 Å². The molecule has 1 heteroatoms. The first kappa shape index (κ1) is 5.16. The molecular weight excluding hydrogens is 100 g/mol. The molecule has 0 atom stereocenters. The van der Waals surface area contributed by atoms with Gasteiger partial charge in [0.05, 0.1) is 12.5 Å². The molecule has 0 saturated heterocycles. The van der Waals surface area contributed by atoms with Gasteiger partial charge in [-0.2, -0.15) is 0 Å². The zero-order chi connectivity index (χ0) is 5.98. The summed E-state index contributed by atoms with van der Waals surface area (Å²) in [4.78, 5) is 0. The van der Waals surface area contributed by atoms with Gasteiger partial charge in [0.1, 0.15) is 0 Å². The fraction of sp³-hybridized carbons (Fsp3) is 0.143. The van der Waals surface area contributed by atoms with Crippen LogP contribution in [-0.4, -0.2) is 0 Å². The third-order valence-electron chi connectivity index (χ3n) is 1.12. The summed E-state index contributed by atoms with van der Waals surface area (Å²) in [5.74, 6) is 0. The van der Waals surface area contributed by atoms with Crippen molar-refractivity contribution in [3.05, 3.63) is 30.2 Å². The quantitative estimate of drug-likeness (QED) is 0.537. The van der Waals surface area contributed by atoms with E-state index in [-0.39, 0.29) is 0 Å². The third kappa shape index (κ3) is 0.668. The van der Waals surface area contributed by atoms with Gasteiger partial charge in [0, 0.05) is 5.56 Å². The Bertz CT molecular complexity index is 186. The van der Waals surface area contributed by atoms with Gasteiger partial charge in [0.25, 0.3) is 0 Å². The van der Waals surface area contributed by atoms with Crippen molar-refractivity contribution in [2.24, 2.45) is 0 Å². The molecule has 0 fully saturated rings. The average Bonchev–Trinajstić information content (AvgIpc) is 2.14. The molecule has 0 radical (unpaired) electrons. The first-order chi connectivity index (χ1) is 3.84. The van der Waals surface area contributed by atoms with E-state index in [0.29, 0.717) is 0 Å². The molecule has 0 N–H and O–H groups in total. The van der Waals surface area contributed by atoms with Gasteiger partial charge in [-0.3, -0.25) is 0 Å². The van der Waals surface area contributed by atoms with Gasteiger partial charge in [0.2, 0.25) is 0 Å². The van der Waals surface area contributed by atoms with Crippen molar-refractivity contribution in [1.29, 1.82) is 0 Å². The molecule has 0 unspecified atom stereocenters. The monoisotopic (exact) mass is 108 g/mol. The largest absolute Gasteiger partial charge is 0.472 e. The van der Waals surface area contributed by atoms with E-state index in [1.54, 1.807) is 18.6 Å². The van der Waals surface area contributed by atoms with Crippen LogP contribution >= 0.6 is 0 Å². The van der Waals surface area contributed by atoms with E-state index < -0.39 is 0 Å². The molecule has 0 spiro atoms. The summed E-state index contributed by atoms with van der Waals surface area (Å²) >= 11 is 0. The molecular formula is C7H8O. The Morgan fingerprint density at radius 2 is 2.38 bits per heavy atom. The van der Waals surface area contributed by atoms with Gasteiger partial charge in [-0.05, 0) is 12.5 Å². The maximum absolute atomic E-state index is 4.86. The topological polar surface area (TPSA) is 13.1 Å². The van der Waals surface area contributed by atoms with Crippen molar-refractivity contribution in [2.75, 3.05) is 0 Å². The fourth-order valence-electron chi connectivity index (χ4n) is 0.579. The van der Waals surface area contributed by atoms with Crippen molar-refractivity contribution in [1.82, 2.24) is 0 Å². The molecule has 0 bridgehead atoms. The molecule has 1 aromatic rings. The maximum atomic E-state index is 4.86. The molecule has 0 saturated carbocycles. The number of hydrogen-bond donors (Lipinski definition) is 0. The molecule has 8 heavy (non-hydrogen) atoms. The third-order valence-corrected chi connectivity index (χ3v) is 1.12. The van der Waals surface area contributed by atoms with Crippen LogP contribution in [0, 0.1) is 6.92 Å². The second-order valence-electron chi connectivity index (χ2n) is 1.71. The zero-order valence-corrected chi connectivity index (χ0v) is 4.85. The van der Waals surface area contributed by atoms with Crippen molar-refractivity contribution in [3.8, 4) is 0 Å². The van der Waals surface area contributed by atoms with Crippen molar-refractivity contribution < 1.29 is 4.42 Å². The summed E-state index contributed by atoms with van der Waals surface area (Å²) in [6.07, 6.45) is 5.16. The number of aryl methyl sites for hydroxylation is 1. The van der Waals surface area contributed by atoms with Crippen LogP contribution in [-0.2, 0) is 0 Å². The highest BCUT2D eigenvalue weighted by atomic mass is 16.3. The molecule has 1 nitrogen and oxygen atoms in total. The standard InChI is InChI=1S/C7H8O/c1-3-7-5-8-4-6(7)2/h3-5H,1H2,2H3. The Balaban J connectivity index is 3.09. The van der Waals surface area contributed by atoms with Crippen molar-refractivity contribution in [2.45, 2.75) is 6.92 Å².